The Balaban J connectivity index is 1.79. The summed E-state index contributed by atoms with van der Waals surface area (Å²) in [6.45, 7) is 4.20. The maximum atomic E-state index is 10.9. The fourth-order valence-corrected chi connectivity index (χ4v) is 4.05. The zero-order valence-electron chi connectivity index (χ0n) is 12.4. The first kappa shape index (κ1) is 14.9. The lowest BCUT2D eigenvalue weighted by Gasteiger charge is -2.03. The van der Waals surface area contributed by atoms with Gasteiger partial charge < -0.3 is 5.32 Å². The van der Waals surface area contributed by atoms with Gasteiger partial charge in [0.1, 0.15) is 5.01 Å². The van der Waals surface area contributed by atoms with Crippen molar-refractivity contribution in [1.29, 1.82) is 0 Å². The van der Waals surface area contributed by atoms with Gasteiger partial charge in [0, 0.05) is 24.4 Å². The van der Waals surface area contributed by atoms with Crippen LogP contribution in [0.5, 0.6) is 0 Å². The first-order chi connectivity index (χ1) is 10.6. The minimum absolute atomic E-state index is 0.0143. The number of rotatable bonds is 4. The van der Waals surface area contributed by atoms with Gasteiger partial charge in [0.25, 0.3) is 0 Å². The van der Waals surface area contributed by atoms with Crippen molar-refractivity contribution in [2.45, 2.75) is 20.4 Å². The van der Waals surface area contributed by atoms with E-state index >= 15 is 0 Å². The van der Waals surface area contributed by atoms with Gasteiger partial charge in [-0.25, -0.2) is 4.98 Å². The van der Waals surface area contributed by atoms with Crippen LogP contribution in [0.3, 0.4) is 0 Å². The third-order valence-electron chi connectivity index (χ3n) is 3.35. The highest BCUT2D eigenvalue weighted by Gasteiger charge is 2.10. The molecule has 0 fully saturated rings. The van der Waals surface area contributed by atoms with E-state index in [2.05, 4.69) is 41.2 Å². The summed E-state index contributed by atoms with van der Waals surface area (Å²) in [6.07, 6.45) is 0. The first-order valence-corrected chi connectivity index (χ1v) is 8.73. The summed E-state index contributed by atoms with van der Waals surface area (Å²) >= 11 is 3.41. The average Bonchev–Trinajstić information content (AvgIpc) is 3.14. The molecule has 22 heavy (non-hydrogen) atoms. The zero-order valence-corrected chi connectivity index (χ0v) is 14.1. The second-order valence-corrected chi connectivity index (χ2v) is 6.85. The SMILES string of the molecule is CC(=O)NCc1ccc(-c2csc(-c3sccc3C)n2)cc1. The van der Waals surface area contributed by atoms with Crippen LogP contribution in [0.15, 0.2) is 41.1 Å². The highest BCUT2D eigenvalue weighted by Crippen LogP contribution is 2.34. The summed E-state index contributed by atoms with van der Waals surface area (Å²) in [5.41, 5.74) is 4.46. The Hall–Kier alpha value is -1.98. The number of aromatic nitrogens is 1. The molecule has 0 aliphatic heterocycles. The number of thiazole rings is 1. The smallest absolute Gasteiger partial charge is 0.217 e. The van der Waals surface area contributed by atoms with Crippen molar-refractivity contribution < 1.29 is 4.79 Å². The molecule has 1 amide bonds. The van der Waals surface area contributed by atoms with Crippen LogP contribution in [0, 0.1) is 6.92 Å². The van der Waals surface area contributed by atoms with Crippen molar-refractivity contribution in [3.63, 3.8) is 0 Å². The van der Waals surface area contributed by atoms with Crippen molar-refractivity contribution in [2.75, 3.05) is 0 Å². The maximum absolute atomic E-state index is 10.9. The second-order valence-electron chi connectivity index (χ2n) is 5.08. The number of nitrogens with zero attached hydrogens (tertiary/aromatic N) is 1. The number of hydrogen-bond donors (Lipinski definition) is 1. The Morgan fingerprint density at radius 3 is 2.59 bits per heavy atom. The number of nitrogens with one attached hydrogen (secondary N) is 1. The molecule has 2 aromatic heterocycles. The Kier molecular flexibility index (Phi) is 4.36. The standard InChI is InChI=1S/C17H16N2OS2/c1-11-7-8-21-16(11)17-19-15(10-22-17)14-5-3-13(4-6-14)9-18-12(2)20/h3-8,10H,9H2,1-2H3,(H,18,20). The van der Waals surface area contributed by atoms with Crippen LogP contribution in [0.2, 0.25) is 0 Å². The van der Waals surface area contributed by atoms with E-state index in [4.69, 9.17) is 4.98 Å². The molecule has 0 aliphatic carbocycles. The lowest BCUT2D eigenvalue weighted by atomic mass is 10.1. The van der Waals surface area contributed by atoms with Crippen LogP contribution < -0.4 is 5.32 Å². The molecule has 0 unspecified atom stereocenters. The summed E-state index contributed by atoms with van der Waals surface area (Å²) < 4.78 is 0. The summed E-state index contributed by atoms with van der Waals surface area (Å²) in [5, 5.41) is 8.07. The molecular formula is C17H16N2OS2. The Labute approximate surface area is 137 Å². The van der Waals surface area contributed by atoms with Crippen molar-refractivity contribution in [3.05, 3.63) is 52.2 Å². The molecule has 3 nitrogen and oxygen atoms in total. The van der Waals surface area contributed by atoms with Gasteiger partial charge in [-0.05, 0) is 29.5 Å². The summed E-state index contributed by atoms with van der Waals surface area (Å²) in [4.78, 5) is 16.9. The summed E-state index contributed by atoms with van der Waals surface area (Å²) in [6, 6.07) is 10.3. The molecule has 112 valence electrons. The minimum atomic E-state index is -0.0143. The minimum Gasteiger partial charge on any atom is -0.352 e. The van der Waals surface area contributed by atoms with E-state index in [0.717, 1.165) is 21.8 Å². The third kappa shape index (κ3) is 3.26. The van der Waals surface area contributed by atoms with E-state index in [1.165, 1.54) is 17.4 Å². The molecule has 5 heteroatoms. The molecule has 0 aliphatic rings. The van der Waals surface area contributed by atoms with E-state index in [-0.39, 0.29) is 5.91 Å². The van der Waals surface area contributed by atoms with Gasteiger partial charge >= 0.3 is 0 Å². The fourth-order valence-electron chi connectivity index (χ4n) is 2.12. The number of amides is 1. The third-order valence-corrected chi connectivity index (χ3v) is 5.36. The largest absolute Gasteiger partial charge is 0.352 e. The van der Waals surface area contributed by atoms with Crippen molar-refractivity contribution in [3.8, 4) is 21.1 Å². The van der Waals surface area contributed by atoms with Gasteiger partial charge in [0.05, 0.1) is 10.6 Å². The van der Waals surface area contributed by atoms with Gasteiger partial charge in [-0.2, -0.15) is 0 Å². The van der Waals surface area contributed by atoms with Crippen LogP contribution in [-0.2, 0) is 11.3 Å². The topological polar surface area (TPSA) is 42.0 Å². The Morgan fingerprint density at radius 1 is 1.18 bits per heavy atom. The zero-order chi connectivity index (χ0) is 15.5. The van der Waals surface area contributed by atoms with E-state index in [1.807, 2.05) is 12.1 Å². The molecular weight excluding hydrogens is 312 g/mol. The van der Waals surface area contributed by atoms with Crippen LogP contribution in [0.1, 0.15) is 18.1 Å². The number of benzene rings is 1. The highest BCUT2D eigenvalue weighted by molar-refractivity contribution is 7.20. The monoisotopic (exact) mass is 328 g/mol. The Morgan fingerprint density at radius 2 is 1.95 bits per heavy atom. The predicted molar refractivity (Wildman–Crippen MR) is 93.1 cm³/mol. The molecule has 0 saturated heterocycles. The molecule has 3 rings (SSSR count). The lowest BCUT2D eigenvalue weighted by Crippen LogP contribution is -2.18. The summed E-state index contributed by atoms with van der Waals surface area (Å²) in [7, 11) is 0. The molecule has 0 spiro atoms. The van der Waals surface area contributed by atoms with Gasteiger partial charge in [-0.3, -0.25) is 4.79 Å². The van der Waals surface area contributed by atoms with Gasteiger partial charge in [-0.1, -0.05) is 24.3 Å². The van der Waals surface area contributed by atoms with E-state index in [1.54, 1.807) is 22.7 Å². The number of aryl methyl sites for hydroxylation is 1. The van der Waals surface area contributed by atoms with Gasteiger partial charge in [0.15, 0.2) is 0 Å². The molecule has 2 heterocycles. The van der Waals surface area contributed by atoms with Crippen LogP contribution >= 0.6 is 22.7 Å². The number of hydrogen-bond acceptors (Lipinski definition) is 4. The van der Waals surface area contributed by atoms with E-state index in [9.17, 15) is 4.79 Å². The number of carbonyl (C=O) groups is 1. The maximum Gasteiger partial charge on any atom is 0.217 e. The summed E-state index contributed by atoms with van der Waals surface area (Å²) in [5.74, 6) is -0.0143. The second kappa shape index (κ2) is 6.42. The average molecular weight is 328 g/mol. The van der Waals surface area contributed by atoms with E-state index in [0.29, 0.717) is 6.54 Å². The molecule has 1 aromatic carbocycles. The fraction of sp³-hybridized carbons (Fsp3) is 0.176. The van der Waals surface area contributed by atoms with Crippen LogP contribution in [0.25, 0.3) is 21.1 Å². The van der Waals surface area contributed by atoms with Crippen LogP contribution in [0.4, 0.5) is 0 Å². The van der Waals surface area contributed by atoms with Crippen molar-refractivity contribution in [1.82, 2.24) is 10.3 Å². The molecule has 0 bridgehead atoms. The molecule has 0 radical (unpaired) electrons. The van der Waals surface area contributed by atoms with Gasteiger partial charge in [-0.15, -0.1) is 22.7 Å². The van der Waals surface area contributed by atoms with Crippen molar-refractivity contribution in [2.24, 2.45) is 0 Å². The molecule has 0 atom stereocenters. The first-order valence-electron chi connectivity index (χ1n) is 6.97. The van der Waals surface area contributed by atoms with Crippen LogP contribution in [-0.4, -0.2) is 10.9 Å². The number of thiophene rings is 1. The predicted octanol–water partition coefficient (Wildman–Crippen LogP) is 4.48. The normalized spacial score (nSPS) is 10.6. The molecule has 1 N–H and O–H groups in total. The Bertz CT molecular complexity index is 787. The van der Waals surface area contributed by atoms with E-state index < -0.39 is 0 Å². The highest BCUT2D eigenvalue weighted by atomic mass is 32.1. The quantitative estimate of drug-likeness (QED) is 0.767. The van der Waals surface area contributed by atoms with Crippen molar-refractivity contribution >= 4 is 28.6 Å². The van der Waals surface area contributed by atoms with Gasteiger partial charge in [0.2, 0.25) is 5.91 Å². The number of carbonyl (C=O) groups excluding carboxylic acids is 1. The molecule has 0 saturated carbocycles. The lowest BCUT2D eigenvalue weighted by molar-refractivity contribution is -0.119. The molecule has 3 aromatic rings.